The van der Waals surface area contributed by atoms with Gasteiger partial charge >= 0.3 is 0 Å². The first kappa shape index (κ1) is 19.9. The summed E-state index contributed by atoms with van der Waals surface area (Å²) in [5, 5.41) is 10.7. The first-order valence-electron chi connectivity index (χ1n) is 10.0. The summed E-state index contributed by atoms with van der Waals surface area (Å²) in [6.45, 7) is 4.99. The molecule has 0 atom stereocenters. The minimum Gasteiger partial charge on any atom is -0.496 e. The largest absolute Gasteiger partial charge is 0.496 e. The van der Waals surface area contributed by atoms with Crippen LogP contribution < -0.4 is 15.4 Å². The Morgan fingerprint density at radius 1 is 1.17 bits per heavy atom. The summed E-state index contributed by atoms with van der Waals surface area (Å²) < 4.78 is 7.23. The lowest BCUT2D eigenvalue weighted by atomic mass is 9.94. The van der Waals surface area contributed by atoms with Crippen LogP contribution in [0.3, 0.4) is 0 Å². The van der Waals surface area contributed by atoms with Gasteiger partial charge in [0.25, 0.3) is 0 Å². The fraction of sp³-hybridized carbons (Fsp3) is 0.364. The third-order valence-corrected chi connectivity index (χ3v) is 5.40. The van der Waals surface area contributed by atoms with E-state index in [1.165, 1.54) is 6.33 Å². The molecule has 1 aliphatic rings. The molecule has 4 rings (SSSR count). The van der Waals surface area contributed by atoms with E-state index in [9.17, 15) is 4.79 Å². The number of para-hydroxylation sites is 1. The zero-order valence-electron chi connectivity index (χ0n) is 17.5. The highest BCUT2D eigenvalue weighted by Crippen LogP contribution is 2.51. The number of carbonyl (C=O) groups is 1. The van der Waals surface area contributed by atoms with E-state index in [1.807, 2.05) is 50.2 Å². The SMILES string of the molecule is COc1ccccc1C1(C(=O)NCCNc2cc(-n3nc(C)cc3C)ncn2)CC1. The van der Waals surface area contributed by atoms with Crippen LogP contribution in [0, 0.1) is 13.8 Å². The Morgan fingerprint density at radius 2 is 1.97 bits per heavy atom. The van der Waals surface area contributed by atoms with Gasteiger partial charge in [0, 0.05) is 30.4 Å². The summed E-state index contributed by atoms with van der Waals surface area (Å²) >= 11 is 0. The lowest BCUT2D eigenvalue weighted by Crippen LogP contribution is -2.37. The average Bonchev–Trinajstić information content (AvgIpc) is 3.50. The van der Waals surface area contributed by atoms with Crippen molar-refractivity contribution in [3.8, 4) is 11.6 Å². The molecule has 8 nitrogen and oxygen atoms in total. The quantitative estimate of drug-likeness (QED) is 0.559. The van der Waals surface area contributed by atoms with Gasteiger partial charge in [-0.15, -0.1) is 0 Å². The summed E-state index contributed by atoms with van der Waals surface area (Å²) in [4.78, 5) is 21.4. The van der Waals surface area contributed by atoms with Crippen LogP contribution >= 0.6 is 0 Å². The highest BCUT2D eigenvalue weighted by Gasteiger charge is 2.52. The van der Waals surface area contributed by atoms with E-state index in [1.54, 1.807) is 11.8 Å². The molecular weight excluding hydrogens is 380 g/mol. The number of anilines is 1. The van der Waals surface area contributed by atoms with Crippen LogP contribution in [0.4, 0.5) is 5.82 Å². The van der Waals surface area contributed by atoms with Crippen molar-refractivity contribution in [2.75, 3.05) is 25.5 Å². The van der Waals surface area contributed by atoms with Crippen LogP contribution in [-0.2, 0) is 10.2 Å². The summed E-state index contributed by atoms with van der Waals surface area (Å²) in [7, 11) is 1.64. The van der Waals surface area contributed by atoms with E-state index < -0.39 is 5.41 Å². The minimum absolute atomic E-state index is 0.0415. The maximum Gasteiger partial charge on any atom is 0.230 e. The Bertz CT molecular complexity index is 1060. The van der Waals surface area contributed by atoms with Crippen LogP contribution in [0.5, 0.6) is 5.75 Å². The summed E-state index contributed by atoms with van der Waals surface area (Å²) in [5.74, 6) is 2.20. The van der Waals surface area contributed by atoms with E-state index in [0.29, 0.717) is 24.7 Å². The fourth-order valence-corrected chi connectivity index (χ4v) is 3.74. The van der Waals surface area contributed by atoms with Gasteiger partial charge in [-0.3, -0.25) is 4.79 Å². The number of amides is 1. The molecule has 0 unspecified atom stereocenters. The molecule has 0 aliphatic heterocycles. The van der Waals surface area contributed by atoms with Crippen molar-refractivity contribution < 1.29 is 9.53 Å². The second-order valence-electron chi connectivity index (χ2n) is 7.57. The zero-order chi connectivity index (χ0) is 21.1. The molecule has 1 amide bonds. The maximum absolute atomic E-state index is 12.9. The van der Waals surface area contributed by atoms with E-state index in [0.717, 1.165) is 35.5 Å². The van der Waals surface area contributed by atoms with Crippen LogP contribution in [-0.4, -0.2) is 45.9 Å². The van der Waals surface area contributed by atoms with Crippen molar-refractivity contribution in [3.63, 3.8) is 0 Å². The molecule has 8 heteroatoms. The monoisotopic (exact) mass is 406 g/mol. The topological polar surface area (TPSA) is 94.0 Å². The number of methoxy groups -OCH3 is 1. The molecule has 1 saturated carbocycles. The molecule has 1 aliphatic carbocycles. The van der Waals surface area contributed by atoms with E-state index in [2.05, 4.69) is 25.7 Å². The van der Waals surface area contributed by atoms with Gasteiger partial charge in [-0.2, -0.15) is 5.10 Å². The molecule has 0 saturated heterocycles. The van der Waals surface area contributed by atoms with Crippen molar-refractivity contribution in [3.05, 3.63) is 59.7 Å². The highest BCUT2D eigenvalue weighted by molar-refractivity contribution is 5.92. The lowest BCUT2D eigenvalue weighted by molar-refractivity contribution is -0.123. The number of hydrogen-bond donors (Lipinski definition) is 2. The molecule has 0 bridgehead atoms. The predicted octanol–water partition coefficient (Wildman–Crippen LogP) is 2.55. The van der Waals surface area contributed by atoms with Crippen molar-refractivity contribution >= 4 is 11.7 Å². The molecule has 1 aromatic carbocycles. The molecular formula is C22H26N6O2. The number of aromatic nitrogens is 4. The number of nitrogens with zero attached hydrogens (tertiary/aromatic N) is 4. The van der Waals surface area contributed by atoms with Gasteiger partial charge in [-0.25, -0.2) is 14.6 Å². The number of benzene rings is 1. The number of hydrogen-bond acceptors (Lipinski definition) is 6. The van der Waals surface area contributed by atoms with Gasteiger partial charge in [0.2, 0.25) is 5.91 Å². The molecule has 30 heavy (non-hydrogen) atoms. The smallest absolute Gasteiger partial charge is 0.230 e. The van der Waals surface area contributed by atoms with Crippen molar-refractivity contribution in [2.45, 2.75) is 32.1 Å². The van der Waals surface area contributed by atoms with E-state index in [4.69, 9.17) is 4.74 Å². The molecule has 1 fully saturated rings. The van der Waals surface area contributed by atoms with Gasteiger partial charge in [-0.1, -0.05) is 18.2 Å². The molecule has 2 heterocycles. The molecule has 3 aromatic rings. The Kier molecular flexibility index (Phi) is 5.39. The Morgan fingerprint density at radius 3 is 2.67 bits per heavy atom. The molecule has 2 N–H and O–H groups in total. The number of rotatable bonds is 8. The summed E-state index contributed by atoms with van der Waals surface area (Å²) in [6, 6.07) is 11.6. The standard InChI is InChI=1S/C22H26N6O2/c1-15-12-16(2)28(27-15)20-13-19(25-14-26-20)23-10-11-24-21(29)22(8-9-22)17-6-4-5-7-18(17)30-3/h4-7,12-14H,8-11H2,1-3H3,(H,24,29)(H,23,25,26). The number of aryl methyl sites for hydroxylation is 2. The van der Waals surface area contributed by atoms with Crippen molar-refractivity contribution in [1.29, 1.82) is 0 Å². The third kappa shape index (κ3) is 3.85. The van der Waals surface area contributed by atoms with Gasteiger partial charge in [0.05, 0.1) is 18.2 Å². The Hall–Kier alpha value is -3.42. The number of ether oxygens (including phenoxy) is 1. The Balaban J connectivity index is 1.34. The van der Waals surface area contributed by atoms with Crippen LogP contribution in [0.1, 0.15) is 29.8 Å². The first-order valence-corrected chi connectivity index (χ1v) is 10.0. The predicted molar refractivity (Wildman–Crippen MR) is 114 cm³/mol. The lowest BCUT2D eigenvalue weighted by Gasteiger charge is -2.18. The van der Waals surface area contributed by atoms with Gasteiger partial charge < -0.3 is 15.4 Å². The maximum atomic E-state index is 12.9. The van der Waals surface area contributed by atoms with Gasteiger partial charge in [0.1, 0.15) is 17.9 Å². The van der Waals surface area contributed by atoms with Gasteiger partial charge in [0.15, 0.2) is 5.82 Å². The highest BCUT2D eigenvalue weighted by atomic mass is 16.5. The average molecular weight is 406 g/mol. The summed E-state index contributed by atoms with van der Waals surface area (Å²) in [5.41, 5.74) is 2.44. The molecule has 156 valence electrons. The second-order valence-corrected chi connectivity index (χ2v) is 7.57. The summed E-state index contributed by atoms with van der Waals surface area (Å²) in [6.07, 6.45) is 3.18. The third-order valence-electron chi connectivity index (χ3n) is 5.40. The first-order chi connectivity index (χ1) is 14.5. The van der Waals surface area contributed by atoms with Crippen LogP contribution in [0.15, 0.2) is 42.7 Å². The molecule has 0 spiro atoms. The fourth-order valence-electron chi connectivity index (χ4n) is 3.74. The van der Waals surface area contributed by atoms with Crippen molar-refractivity contribution in [1.82, 2.24) is 25.1 Å². The van der Waals surface area contributed by atoms with Crippen molar-refractivity contribution in [2.24, 2.45) is 0 Å². The Labute approximate surface area is 175 Å². The van der Waals surface area contributed by atoms with Gasteiger partial charge in [-0.05, 0) is 38.8 Å². The van der Waals surface area contributed by atoms with E-state index in [-0.39, 0.29) is 5.91 Å². The second kappa shape index (κ2) is 8.14. The number of nitrogens with one attached hydrogen (secondary N) is 2. The van der Waals surface area contributed by atoms with Crippen LogP contribution in [0.2, 0.25) is 0 Å². The molecule has 2 aromatic heterocycles. The minimum atomic E-state index is -0.468. The number of carbonyl (C=O) groups excluding carboxylic acids is 1. The van der Waals surface area contributed by atoms with E-state index >= 15 is 0 Å². The van der Waals surface area contributed by atoms with Crippen LogP contribution in [0.25, 0.3) is 5.82 Å². The molecule has 0 radical (unpaired) electrons. The normalized spacial score (nSPS) is 14.2. The zero-order valence-corrected chi connectivity index (χ0v) is 17.5.